The maximum absolute atomic E-state index is 6.15. The van der Waals surface area contributed by atoms with Gasteiger partial charge in [0.1, 0.15) is 11.3 Å². The molecule has 0 amide bonds. The molecule has 0 atom stereocenters. The first-order valence-electron chi connectivity index (χ1n) is 8.30. The van der Waals surface area contributed by atoms with Crippen molar-refractivity contribution in [2.75, 3.05) is 0 Å². The highest BCUT2D eigenvalue weighted by Gasteiger charge is 2.30. The molecular formula is C20H19NO. The van der Waals surface area contributed by atoms with Crippen LogP contribution in [0.1, 0.15) is 36.1 Å². The Kier molecular flexibility index (Phi) is 2.46. The minimum Gasteiger partial charge on any atom is -0.460 e. The molecule has 0 fully saturated rings. The Bertz CT molecular complexity index is 923. The Balaban J connectivity index is 1.91. The molecule has 0 saturated heterocycles. The average Bonchev–Trinajstić information content (AvgIpc) is 3.09. The largest absolute Gasteiger partial charge is 0.460 e. The van der Waals surface area contributed by atoms with Crippen molar-refractivity contribution in [1.29, 1.82) is 0 Å². The molecule has 0 aliphatic heterocycles. The van der Waals surface area contributed by atoms with Crippen molar-refractivity contribution in [3.05, 3.63) is 53.1 Å². The lowest BCUT2D eigenvalue weighted by atomic mass is 9.89. The third-order valence-electron chi connectivity index (χ3n) is 5.18. The predicted octanol–water partition coefficient (Wildman–Crippen LogP) is 4.98. The summed E-state index contributed by atoms with van der Waals surface area (Å²) in [5.74, 6) is 1.17. The summed E-state index contributed by atoms with van der Waals surface area (Å²) in [7, 11) is 0. The predicted molar refractivity (Wildman–Crippen MR) is 90.1 cm³/mol. The summed E-state index contributed by atoms with van der Waals surface area (Å²) in [4.78, 5) is 0. The molecule has 0 saturated carbocycles. The van der Waals surface area contributed by atoms with Crippen molar-refractivity contribution in [2.45, 2.75) is 39.2 Å². The lowest BCUT2D eigenvalue weighted by molar-refractivity contribution is 0.538. The van der Waals surface area contributed by atoms with Gasteiger partial charge in [-0.25, -0.2) is 0 Å². The number of nitrogens with zero attached hydrogens (tertiary/aromatic N) is 1. The van der Waals surface area contributed by atoms with Gasteiger partial charge in [0, 0.05) is 46.4 Å². The SMILES string of the molecule is CCn1c2c(c3c1CCc1oc4ccccc4c1-3)C=CCC2. The number of furan rings is 1. The molecule has 2 aromatic heterocycles. The van der Waals surface area contributed by atoms with E-state index in [1.165, 1.54) is 39.2 Å². The van der Waals surface area contributed by atoms with E-state index in [2.05, 4.69) is 47.9 Å². The molecule has 2 aliphatic rings. The third-order valence-corrected chi connectivity index (χ3v) is 5.18. The first-order chi connectivity index (χ1) is 10.9. The number of fused-ring (bicyclic) bond motifs is 7. The normalized spacial score (nSPS) is 15.7. The maximum atomic E-state index is 6.15. The molecule has 5 rings (SSSR count). The van der Waals surface area contributed by atoms with E-state index in [0.29, 0.717) is 0 Å². The van der Waals surface area contributed by atoms with E-state index < -0.39 is 0 Å². The van der Waals surface area contributed by atoms with Crippen molar-refractivity contribution >= 4 is 17.0 Å². The Morgan fingerprint density at radius 3 is 2.86 bits per heavy atom. The molecule has 0 spiro atoms. The van der Waals surface area contributed by atoms with Crippen molar-refractivity contribution in [3.8, 4) is 11.1 Å². The Hall–Kier alpha value is -2.22. The van der Waals surface area contributed by atoms with E-state index in [1.807, 2.05) is 0 Å². The minimum absolute atomic E-state index is 1.02. The zero-order chi connectivity index (χ0) is 14.7. The molecule has 2 heterocycles. The molecule has 0 unspecified atom stereocenters. The standard InChI is InChI=1S/C20H19NO/c1-2-21-15-9-5-3-7-13(15)19-16(21)11-12-18-20(19)14-8-4-6-10-17(14)22-18/h3-4,6-8,10H,2,5,9,11-12H2,1H3. The number of hydrogen-bond acceptors (Lipinski definition) is 1. The molecular weight excluding hydrogens is 270 g/mol. The molecule has 2 nitrogen and oxygen atoms in total. The van der Waals surface area contributed by atoms with Crippen LogP contribution in [0.15, 0.2) is 34.8 Å². The van der Waals surface area contributed by atoms with E-state index in [1.54, 1.807) is 0 Å². The summed E-state index contributed by atoms with van der Waals surface area (Å²) in [5.41, 5.74) is 8.30. The molecule has 0 bridgehead atoms. The van der Waals surface area contributed by atoms with Crippen LogP contribution in [0.3, 0.4) is 0 Å². The average molecular weight is 289 g/mol. The second-order valence-corrected chi connectivity index (χ2v) is 6.26. The summed E-state index contributed by atoms with van der Waals surface area (Å²) < 4.78 is 8.70. The number of allylic oxidation sites excluding steroid dienone is 1. The molecule has 0 N–H and O–H groups in total. The molecule has 2 heteroatoms. The highest BCUT2D eigenvalue weighted by Crippen LogP contribution is 2.46. The second kappa shape index (κ2) is 4.39. The number of hydrogen-bond donors (Lipinski definition) is 0. The fourth-order valence-electron chi connectivity index (χ4n) is 4.31. The Morgan fingerprint density at radius 2 is 1.95 bits per heavy atom. The van der Waals surface area contributed by atoms with E-state index in [-0.39, 0.29) is 0 Å². The van der Waals surface area contributed by atoms with Crippen LogP contribution in [0.25, 0.3) is 28.2 Å². The summed E-state index contributed by atoms with van der Waals surface area (Å²) in [6.07, 6.45) is 9.09. The maximum Gasteiger partial charge on any atom is 0.134 e. The fraction of sp³-hybridized carbons (Fsp3) is 0.300. The number of para-hydroxylation sites is 1. The molecule has 110 valence electrons. The van der Waals surface area contributed by atoms with Crippen molar-refractivity contribution in [1.82, 2.24) is 4.57 Å². The first-order valence-corrected chi connectivity index (χ1v) is 8.30. The highest BCUT2D eigenvalue weighted by molar-refractivity contribution is 6.00. The monoisotopic (exact) mass is 289 g/mol. The van der Waals surface area contributed by atoms with Crippen LogP contribution in [0.4, 0.5) is 0 Å². The Morgan fingerprint density at radius 1 is 1.05 bits per heavy atom. The van der Waals surface area contributed by atoms with Gasteiger partial charge in [0.05, 0.1) is 0 Å². The van der Waals surface area contributed by atoms with Gasteiger partial charge >= 0.3 is 0 Å². The number of rotatable bonds is 1. The van der Waals surface area contributed by atoms with Gasteiger partial charge in [-0.2, -0.15) is 0 Å². The fourth-order valence-corrected chi connectivity index (χ4v) is 4.31. The van der Waals surface area contributed by atoms with Gasteiger partial charge < -0.3 is 8.98 Å². The lowest BCUT2D eigenvalue weighted by Gasteiger charge is -2.15. The first kappa shape index (κ1) is 12.3. The topological polar surface area (TPSA) is 18.1 Å². The van der Waals surface area contributed by atoms with Crippen molar-refractivity contribution in [2.24, 2.45) is 0 Å². The van der Waals surface area contributed by atoms with Crippen LogP contribution in [-0.2, 0) is 25.8 Å². The quantitative estimate of drug-likeness (QED) is 0.618. The molecule has 3 aromatic rings. The van der Waals surface area contributed by atoms with Gasteiger partial charge in [0.25, 0.3) is 0 Å². The van der Waals surface area contributed by atoms with Crippen LogP contribution in [0, 0.1) is 0 Å². The number of aromatic nitrogens is 1. The van der Waals surface area contributed by atoms with Crippen LogP contribution >= 0.6 is 0 Å². The van der Waals surface area contributed by atoms with E-state index in [9.17, 15) is 0 Å². The van der Waals surface area contributed by atoms with Gasteiger partial charge in [-0.05, 0) is 32.3 Å². The summed E-state index contributed by atoms with van der Waals surface area (Å²) in [5, 5.41) is 1.27. The second-order valence-electron chi connectivity index (χ2n) is 6.26. The lowest BCUT2D eigenvalue weighted by Crippen LogP contribution is -2.09. The minimum atomic E-state index is 1.02. The molecule has 22 heavy (non-hydrogen) atoms. The molecule has 1 aromatic carbocycles. The Labute approximate surface area is 130 Å². The number of benzene rings is 1. The summed E-state index contributed by atoms with van der Waals surface area (Å²) in [6.45, 7) is 3.33. The van der Waals surface area contributed by atoms with Crippen molar-refractivity contribution in [3.63, 3.8) is 0 Å². The van der Waals surface area contributed by atoms with Crippen LogP contribution in [0.2, 0.25) is 0 Å². The van der Waals surface area contributed by atoms with E-state index in [4.69, 9.17) is 4.42 Å². The molecule has 2 aliphatic carbocycles. The third kappa shape index (κ3) is 1.45. The molecule has 0 radical (unpaired) electrons. The van der Waals surface area contributed by atoms with Gasteiger partial charge in [-0.3, -0.25) is 0 Å². The highest BCUT2D eigenvalue weighted by atomic mass is 16.3. The summed E-state index contributed by atoms with van der Waals surface area (Å²) >= 11 is 0. The van der Waals surface area contributed by atoms with E-state index >= 15 is 0 Å². The van der Waals surface area contributed by atoms with Gasteiger partial charge in [0.2, 0.25) is 0 Å². The van der Waals surface area contributed by atoms with Crippen LogP contribution in [0.5, 0.6) is 0 Å². The van der Waals surface area contributed by atoms with Crippen LogP contribution < -0.4 is 0 Å². The smallest absolute Gasteiger partial charge is 0.134 e. The van der Waals surface area contributed by atoms with E-state index in [0.717, 1.165) is 37.8 Å². The summed E-state index contributed by atoms with van der Waals surface area (Å²) in [6, 6.07) is 8.47. The van der Waals surface area contributed by atoms with Gasteiger partial charge in [-0.15, -0.1) is 0 Å². The zero-order valence-corrected chi connectivity index (χ0v) is 12.9. The zero-order valence-electron chi connectivity index (χ0n) is 12.9. The van der Waals surface area contributed by atoms with Crippen molar-refractivity contribution < 1.29 is 4.42 Å². The number of aryl methyl sites for hydroxylation is 1. The van der Waals surface area contributed by atoms with Crippen LogP contribution in [-0.4, -0.2) is 4.57 Å². The van der Waals surface area contributed by atoms with Gasteiger partial charge in [0.15, 0.2) is 0 Å². The van der Waals surface area contributed by atoms with Gasteiger partial charge in [-0.1, -0.05) is 30.4 Å².